The van der Waals surface area contributed by atoms with Crippen molar-refractivity contribution in [3.8, 4) is 0 Å². The van der Waals surface area contributed by atoms with E-state index < -0.39 is 0 Å². The van der Waals surface area contributed by atoms with Gasteiger partial charge in [0.25, 0.3) is 5.91 Å². The van der Waals surface area contributed by atoms with E-state index in [0.717, 1.165) is 30.6 Å². The smallest absolute Gasteiger partial charge is 0.251 e. The Hall–Kier alpha value is -2.49. The van der Waals surface area contributed by atoms with Gasteiger partial charge in [-0.15, -0.1) is 0 Å². The summed E-state index contributed by atoms with van der Waals surface area (Å²) < 4.78 is 0. The summed E-state index contributed by atoms with van der Waals surface area (Å²) in [6.07, 6.45) is 5.69. The average Bonchev–Trinajstić information content (AvgIpc) is 3.40. The maximum atomic E-state index is 12.1. The Balaban J connectivity index is 1.65. The van der Waals surface area contributed by atoms with Gasteiger partial charge in [-0.05, 0) is 61.6 Å². The number of nitrogens with one attached hydrogen (secondary N) is 2. The van der Waals surface area contributed by atoms with Crippen LogP contribution in [0, 0.1) is 0 Å². The van der Waals surface area contributed by atoms with Crippen molar-refractivity contribution in [1.29, 1.82) is 0 Å². The van der Waals surface area contributed by atoms with Crippen LogP contribution in [0.15, 0.2) is 42.5 Å². The van der Waals surface area contributed by atoms with E-state index in [1.54, 1.807) is 6.07 Å². The Morgan fingerprint density at radius 2 is 1.92 bits per heavy atom. The molecule has 1 aliphatic carbocycles. The molecule has 1 saturated carbocycles. The first kappa shape index (κ1) is 16.4. The lowest BCUT2D eigenvalue weighted by Gasteiger charge is -2.12. The number of amides is 1. The van der Waals surface area contributed by atoms with Gasteiger partial charge in [0.2, 0.25) is 0 Å². The zero-order chi connectivity index (χ0) is 16.9. The number of benzene rings is 2. The first-order valence-electron chi connectivity index (χ1n) is 8.72. The van der Waals surface area contributed by atoms with Crippen molar-refractivity contribution < 1.29 is 4.79 Å². The summed E-state index contributed by atoms with van der Waals surface area (Å²) in [5.41, 5.74) is 10.5. The zero-order valence-electron chi connectivity index (χ0n) is 14.1. The predicted molar refractivity (Wildman–Crippen MR) is 99.7 cm³/mol. The van der Waals surface area contributed by atoms with Crippen LogP contribution in [0.1, 0.15) is 48.5 Å². The van der Waals surface area contributed by atoms with Crippen molar-refractivity contribution in [3.05, 3.63) is 53.6 Å². The van der Waals surface area contributed by atoms with E-state index in [2.05, 4.69) is 41.8 Å². The quantitative estimate of drug-likeness (QED) is 0.667. The van der Waals surface area contributed by atoms with Crippen LogP contribution in [-0.2, 0) is 6.42 Å². The molecule has 0 radical (unpaired) electrons. The molecule has 2 aromatic carbocycles. The Labute approximate surface area is 143 Å². The average molecular weight is 323 g/mol. The number of carbonyl (C=O) groups excluding carboxylic acids is 1. The molecular weight excluding hydrogens is 298 g/mol. The highest BCUT2D eigenvalue weighted by Gasteiger charge is 2.23. The molecule has 0 aromatic heterocycles. The second kappa shape index (κ2) is 7.39. The van der Waals surface area contributed by atoms with Crippen molar-refractivity contribution >= 4 is 23.0 Å². The van der Waals surface area contributed by atoms with Crippen molar-refractivity contribution in [2.24, 2.45) is 0 Å². The highest BCUT2D eigenvalue weighted by atomic mass is 16.1. The van der Waals surface area contributed by atoms with E-state index in [1.165, 1.54) is 18.4 Å². The van der Waals surface area contributed by atoms with Crippen molar-refractivity contribution in [2.75, 3.05) is 11.1 Å². The molecule has 4 N–H and O–H groups in total. The molecule has 0 atom stereocenters. The molecule has 4 heteroatoms. The summed E-state index contributed by atoms with van der Waals surface area (Å²) in [7, 11) is 0. The molecule has 0 aliphatic heterocycles. The van der Waals surface area contributed by atoms with Crippen LogP contribution in [0.3, 0.4) is 0 Å². The molecule has 0 heterocycles. The van der Waals surface area contributed by atoms with Crippen molar-refractivity contribution in [2.45, 2.75) is 45.1 Å². The lowest BCUT2D eigenvalue weighted by molar-refractivity contribution is 0.0951. The van der Waals surface area contributed by atoms with Gasteiger partial charge >= 0.3 is 0 Å². The maximum absolute atomic E-state index is 12.1. The van der Waals surface area contributed by atoms with Gasteiger partial charge in [0.1, 0.15) is 0 Å². The molecular formula is C20H25N3O. The van der Waals surface area contributed by atoms with Gasteiger partial charge in [-0.3, -0.25) is 4.79 Å². The van der Waals surface area contributed by atoms with Crippen LogP contribution in [0.5, 0.6) is 0 Å². The third kappa shape index (κ3) is 4.28. The second-order valence-electron chi connectivity index (χ2n) is 6.48. The molecule has 3 rings (SSSR count). The number of hydrogen-bond donors (Lipinski definition) is 3. The Morgan fingerprint density at radius 1 is 1.17 bits per heavy atom. The van der Waals surface area contributed by atoms with Crippen LogP contribution >= 0.6 is 0 Å². The molecule has 2 aromatic rings. The first-order valence-corrected chi connectivity index (χ1v) is 8.72. The largest absolute Gasteiger partial charge is 0.397 e. The minimum Gasteiger partial charge on any atom is -0.397 e. The van der Waals surface area contributed by atoms with E-state index in [-0.39, 0.29) is 5.91 Å². The normalized spacial score (nSPS) is 13.5. The second-order valence-corrected chi connectivity index (χ2v) is 6.48. The predicted octanol–water partition coefficient (Wildman–Crippen LogP) is 4.25. The standard InChI is InChI=1S/C20H25N3O/c1-2-3-4-14-5-8-16(9-6-14)22-19-12-7-15(13-18(19)21)20(24)23-17-10-11-17/h5-9,12-13,17,22H,2-4,10-11,21H2,1H3,(H,23,24). The summed E-state index contributed by atoms with van der Waals surface area (Å²) in [5, 5.41) is 6.29. The van der Waals surface area contributed by atoms with Gasteiger partial charge in [-0.1, -0.05) is 25.5 Å². The molecule has 24 heavy (non-hydrogen) atoms. The molecule has 0 saturated heterocycles. The summed E-state index contributed by atoms with van der Waals surface area (Å²) in [5.74, 6) is -0.0453. The number of nitrogen functional groups attached to an aromatic ring is 1. The highest BCUT2D eigenvalue weighted by Crippen LogP contribution is 2.25. The molecule has 126 valence electrons. The van der Waals surface area contributed by atoms with Crippen LogP contribution < -0.4 is 16.4 Å². The molecule has 1 fully saturated rings. The lowest BCUT2D eigenvalue weighted by Crippen LogP contribution is -2.25. The van der Waals surface area contributed by atoms with Gasteiger partial charge in [-0.25, -0.2) is 0 Å². The minimum atomic E-state index is -0.0453. The Bertz CT molecular complexity index is 705. The zero-order valence-corrected chi connectivity index (χ0v) is 14.1. The van der Waals surface area contributed by atoms with Gasteiger partial charge in [0, 0.05) is 17.3 Å². The van der Waals surface area contributed by atoms with Crippen LogP contribution in [0.25, 0.3) is 0 Å². The Morgan fingerprint density at radius 3 is 2.54 bits per heavy atom. The summed E-state index contributed by atoms with van der Waals surface area (Å²) in [6.45, 7) is 2.20. The fraction of sp³-hybridized carbons (Fsp3) is 0.350. The van der Waals surface area contributed by atoms with Crippen molar-refractivity contribution in [1.82, 2.24) is 5.32 Å². The molecule has 1 aliphatic rings. The van der Waals surface area contributed by atoms with Crippen LogP contribution in [-0.4, -0.2) is 11.9 Å². The monoisotopic (exact) mass is 323 g/mol. The van der Waals surface area contributed by atoms with Crippen LogP contribution in [0.2, 0.25) is 0 Å². The first-order chi connectivity index (χ1) is 11.7. The van der Waals surface area contributed by atoms with Gasteiger partial charge < -0.3 is 16.4 Å². The summed E-state index contributed by atoms with van der Waals surface area (Å²) in [6, 6.07) is 14.2. The van der Waals surface area contributed by atoms with Gasteiger partial charge in [0.05, 0.1) is 11.4 Å². The van der Waals surface area contributed by atoms with E-state index in [1.807, 2.05) is 12.1 Å². The fourth-order valence-corrected chi connectivity index (χ4v) is 2.61. The molecule has 0 bridgehead atoms. The maximum Gasteiger partial charge on any atom is 0.251 e. The number of unbranched alkanes of at least 4 members (excludes halogenated alkanes) is 1. The summed E-state index contributed by atoms with van der Waals surface area (Å²) >= 11 is 0. The number of aryl methyl sites for hydroxylation is 1. The number of carbonyl (C=O) groups is 1. The van der Waals surface area contributed by atoms with Gasteiger partial charge in [-0.2, -0.15) is 0 Å². The molecule has 4 nitrogen and oxygen atoms in total. The van der Waals surface area contributed by atoms with Crippen molar-refractivity contribution in [3.63, 3.8) is 0 Å². The molecule has 0 unspecified atom stereocenters. The third-order valence-corrected chi connectivity index (χ3v) is 4.28. The van der Waals surface area contributed by atoms with E-state index in [0.29, 0.717) is 17.3 Å². The number of rotatable bonds is 7. The SMILES string of the molecule is CCCCc1ccc(Nc2ccc(C(=O)NC3CC3)cc2N)cc1. The third-order valence-electron chi connectivity index (χ3n) is 4.28. The number of anilines is 3. The fourth-order valence-electron chi connectivity index (χ4n) is 2.61. The van der Waals surface area contributed by atoms with E-state index in [4.69, 9.17) is 5.73 Å². The topological polar surface area (TPSA) is 67.2 Å². The molecule has 0 spiro atoms. The number of hydrogen-bond acceptors (Lipinski definition) is 3. The summed E-state index contributed by atoms with van der Waals surface area (Å²) in [4.78, 5) is 12.1. The van der Waals surface area contributed by atoms with Crippen LogP contribution in [0.4, 0.5) is 17.1 Å². The Kier molecular flexibility index (Phi) is 5.04. The van der Waals surface area contributed by atoms with E-state index in [9.17, 15) is 4.79 Å². The molecule has 1 amide bonds. The number of nitrogens with two attached hydrogens (primary N) is 1. The lowest BCUT2D eigenvalue weighted by atomic mass is 10.1. The van der Waals surface area contributed by atoms with E-state index >= 15 is 0 Å². The van der Waals surface area contributed by atoms with Gasteiger partial charge in [0.15, 0.2) is 0 Å². The highest BCUT2D eigenvalue weighted by molar-refractivity contribution is 5.96. The minimum absolute atomic E-state index is 0.0453.